The van der Waals surface area contributed by atoms with E-state index in [2.05, 4.69) is 71.1 Å². The highest BCUT2D eigenvalue weighted by atomic mass is 16.5. The number of anilines is 1. The number of rotatable bonds is 2. The highest BCUT2D eigenvalue weighted by Gasteiger charge is 2.33. The molecule has 0 saturated heterocycles. The molecule has 0 fully saturated rings. The molecule has 3 aromatic rings. The first-order valence-corrected chi connectivity index (χ1v) is 13.2. The lowest BCUT2D eigenvalue weighted by molar-refractivity contribution is 0.0697. The molecule has 3 heterocycles. The fourth-order valence-electron chi connectivity index (χ4n) is 6.63. The molecule has 3 aliphatic rings. The maximum absolute atomic E-state index is 11.5. The van der Waals surface area contributed by atoms with Gasteiger partial charge in [-0.3, -0.25) is 4.99 Å². The van der Waals surface area contributed by atoms with Crippen molar-refractivity contribution >= 4 is 17.2 Å². The summed E-state index contributed by atoms with van der Waals surface area (Å²) >= 11 is 0. The van der Waals surface area contributed by atoms with Crippen molar-refractivity contribution in [2.75, 3.05) is 5.32 Å². The van der Waals surface area contributed by atoms with Crippen molar-refractivity contribution in [3.8, 4) is 11.5 Å². The summed E-state index contributed by atoms with van der Waals surface area (Å²) in [5.41, 5.74) is 6.91. The molecule has 0 aromatic heterocycles. The maximum Gasteiger partial charge on any atom is 0.335 e. The van der Waals surface area contributed by atoms with Crippen LogP contribution in [0.1, 0.15) is 98.8 Å². The van der Waals surface area contributed by atoms with Crippen LogP contribution in [0, 0.1) is 0 Å². The van der Waals surface area contributed by atoms with Gasteiger partial charge >= 0.3 is 5.97 Å². The van der Waals surface area contributed by atoms with Gasteiger partial charge in [-0.05, 0) is 93.3 Å². The predicted molar refractivity (Wildman–Crippen MR) is 147 cm³/mol. The van der Waals surface area contributed by atoms with Crippen molar-refractivity contribution in [1.82, 2.24) is 0 Å². The van der Waals surface area contributed by atoms with Crippen molar-refractivity contribution in [1.29, 1.82) is 0 Å². The minimum Gasteiger partial charge on any atom is -0.478 e. The number of carbonyl (C=O) groups is 1. The summed E-state index contributed by atoms with van der Waals surface area (Å²) < 4.78 is 6.62. The van der Waals surface area contributed by atoms with Crippen molar-refractivity contribution in [3.63, 3.8) is 0 Å². The SMILES string of the molecule is CC1CC(C)(C)Nc2cc3c(cc21)C(c1ccc(C(=O)O)cc1)=c1cc2c(cc1O3)=NC(C)(C)CC2C. The molecular formula is C32H34N2O3. The number of nitrogens with zero attached hydrogens (tertiary/aromatic N) is 1. The van der Waals surface area contributed by atoms with E-state index in [-0.39, 0.29) is 16.6 Å². The number of benzene rings is 3. The zero-order valence-electron chi connectivity index (χ0n) is 22.4. The van der Waals surface area contributed by atoms with Crippen molar-refractivity contribution in [2.24, 2.45) is 4.99 Å². The molecule has 37 heavy (non-hydrogen) atoms. The van der Waals surface area contributed by atoms with Gasteiger partial charge < -0.3 is 15.2 Å². The van der Waals surface area contributed by atoms with Gasteiger partial charge in [-0.25, -0.2) is 4.79 Å². The molecule has 0 bridgehead atoms. The first-order valence-electron chi connectivity index (χ1n) is 13.2. The second-order valence-corrected chi connectivity index (χ2v) is 12.3. The summed E-state index contributed by atoms with van der Waals surface area (Å²) in [5.74, 6) is 1.45. The van der Waals surface area contributed by atoms with Crippen LogP contribution in [0.3, 0.4) is 0 Å². The zero-order valence-corrected chi connectivity index (χ0v) is 22.4. The van der Waals surface area contributed by atoms with Gasteiger partial charge in [0.2, 0.25) is 0 Å². The Morgan fingerprint density at radius 3 is 2.35 bits per heavy atom. The quantitative estimate of drug-likeness (QED) is 0.341. The van der Waals surface area contributed by atoms with E-state index >= 15 is 0 Å². The molecule has 0 saturated carbocycles. The van der Waals surface area contributed by atoms with Gasteiger partial charge in [0.25, 0.3) is 0 Å². The van der Waals surface area contributed by atoms with Crippen LogP contribution < -0.4 is 20.6 Å². The molecule has 5 nitrogen and oxygen atoms in total. The first kappa shape index (κ1) is 23.8. The van der Waals surface area contributed by atoms with Gasteiger partial charge in [0.15, 0.2) is 0 Å². The third-order valence-electron chi connectivity index (χ3n) is 8.04. The molecule has 2 N–H and O–H groups in total. The standard InChI is InChI=1S/C32H34N2O3/c1-17-15-31(3,4)33-25-13-27-23(11-21(17)25)29(19-7-9-20(10-8-19)30(35)36)24-12-22-18(2)16-32(5,6)34-26(22)14-28(24)37-27/h7-14,17-18,33H,15-16H2,1-6H3,(H,35,36). The largest absolute Gasteiger partial charge is 0.478 e. The Morgan fingerprint density at radius 1 is 0.946 bits per heavy atom. The van der Waals surface area contributed by atoms with Gasteiger partial charge in [-0.2, -0.15) is 0 Å². The summed E-state index contributed by atoms with van der Waals surface area (Å²) in [6, 6.07) is 16.0. The molecule has 3 aliphatic heterocycles. The molecule has 3 aromatic carbocycles. The Bertz CT molecular complexity index is 1580. The fraction of sp³-hybridized carbons (Fsp3) is 0.375. The van der Waals surface area contributed by atoms with Gasteiger partial charge in [0.05, 0.1) is 16.5 Å². The lowest BCUT2D eigenvalue weighted by Crippen LogP contribution is -2.37. The van der Waals surface area contributed by atoms with E-state index < -0.39 is 5.97 Å². The Hall–Kier alpha value is -3.60. The molecule has 0 aliphatic carbocycles. The molecule has 190 valence electrons. The number of aromatic carboxylic acids is 1. The lowest BCUT2D eigenvalue weighted by atomic mass is 9.79. The van der Waals surface area contributed by atoms with E-state index in [0.29, 0.717) is 11.8 Å². The molecule has 2 unspecified atom stereocenters. The number of ether oxygens (including phenoxy) is 1. The lowest BCUT2D eigenvalue weighted by Gasteiger charge is -2.38. The monoisotopic (exact) mass is 494 g/mol. The van der Waals surface area contributed by atoms with Gasteiger partial charge in [0, 0.05) is 39.7 Å². The first-order chi connectivity index (χ1) is 17.4. The summed E-state index contributed by atoms with van der Waals surface area (Å²) in [7, 11) is 0. The second-order valence-electron chi connectivity index (χ2n) is 12.3. The summed E-state index contributed by atoms with van der Waals surface area (Å²) in [4.78, 5) is 16.6. The van der Waals surface area contributed by atoms with E-state index in [9.17, 15) is 9.90 Å². The summed E-state index contributed by atoms with van der Waals surface area (Å²) in [6.45, 7) is 13.4. The summed E-state index contributed by atoms with van der Waals surface area (Å²) in [6.07, 6.45) is 2.03. The van der Waals surface area contributed by atoms with E-state index in [0.717, 1.165) is 57.3 Å². The fourth-order valence-corrected chi connectivity index (χ4v) is 6.63. The van der Waals surface area contributed by atoms with Crippen LogP contribution in [0.5, 0.6) is 11.5 Å². The third kappa shape index (κ3) is 4.01. The second kappa shape index (κ2) is 7.95. The van der Waals surface area contributed by atoms with Crippen LogP contribution >= 0.6 is 0 Å². The molecule has 2 atom stereocenters. The smallest absolute Gasteiger partial charge is 0.335 e. The highest BCUT2D eigenvalue weighted by molar-refractivity contribution is 5.90. The zero-order chi connectivity index (χ0) is 26.3. The van der Waals surface area contributed by atoms with Crippen LogP contribution in [0.4, 0.5) is 5.69 Å². The van der Waals surface area contributed by atoms with Crippen LogP contribution in [0.25, 0.3) is 5.57 Å². The number of fused-ring (bicyclic) bond motifs is 4. The minimum atomic E-state index is -0.923. The number of hydrogen-bond acceptors (Lipinski definition) is 4. The van der Waals surface area contributed by atoms with Crippen LogP contribution in [-0.4, -0.2) is 22.2 Å². The molecular weight excluding hydrogens is 460 g/mol. The van der Waals surface area contributed by atoms with Gasteiger partial charge in [-0.1, -0.05) is 26.0 Å². The van der Waals surface area contributed by atoms with Crippen molar-refractivity contribution in [3.05, 3.63) is 86.9 Å². The molecule has 5 heteroatoms. The van der Waals surface area contributed by atoms with E-state index in [1.165, 1.54) is 11.1 Å². The molecule has 6 rings (SSSR count). The van der Waals surface area contributed by atoms with Crippen LogP contribution in [0.15, 0.2) is 53.5 Å². The van der Waals surface area contributed by atoms with E-state index in [1.807, 2.05) is 12.1 Å². The number of nitrogens with one attached hydrogen (secondary N) is 1. The third-order valence-corrected chi connectivity index (χ3v) is 8.04. The number of carboxylic acid groups (broad SMARTS) is 1. The Kier molecular flexibility index (Phi) is 5.11. The van der Waals surface area contributed by atoms with Crippen molar-refractivity contribution < 1.29 is 14.6 Å². The normalized spacial score (nSPS) is 22.3. The average molecular weight is 495 g/mol. The van der Waals surface area contributed by atoms with Crippen LogP contribution in [-0.2, 0) is 0 Å². The van der Waals surface area contributed by atoms with E-state index in [1.54, 1.807) is 12.1 Å². The molecule has 0 amide bonds. The average Bonchev–Trinajstić information content (AvgIpc) is 2.79. The van der Waals surface area contributed by atoms with Crippen molar-refractivity contribution in [2.45, 2.75) is 77.3 Å². The molecule has 0 spiro atoms. The van der Waals surface area contributed by atoms with E-state index in [4.69, 9.17) is 9.73 Å². The number of hydrogen-bond donors (Lipinski definition) is 2. The Morgan fingerprint density at radius 2 is 1.65 bits per heavy atom. The predicted octanol–water partition coefficient (Wildman–Crippen LogP) is 6.34. The number of carboxylic acids is 1. The van der Waals surface area contributed by atoms with Gasteiger partial charge in [-0.15, -0.1) is 0 Å². The van der Waals surface area contributed by atoms with Gasteiger partial charge in [0.1, 0.15) is 11.5 Å². The highest BCUT2D eigenvalue weighted by Crippen LogP contribution is 2.46. The topological polar surface area (TPSA) is 70.9 Å². The Labute approximate surface area is 217 Å². The minimum absolute atomic E-state index is 0.00606. The summed E-state index contributed by atoms with van der Waals surface area (Å²) in [5, 5.41) is 15.2. The Balaban J connectivity index is 1.66. The molecule has 0 radical (unpaired) electrons. The van der Waals surface area contributed by atoms with Crippen LogP contribution in [0.2, 0.25) is 0 Å². The maximum atomic E-state index is 11.5.